The Morgan fingerprint density at radius 2 is 2.00 bits per heavy atom. The number of ether oxygens (including phenoxy) is 1. The largest absolute Gasteiger partial charge is 0.492 e. The second-order valence-corrected chi connectivity index (χ2v) is 5.13. The van der Waals surface area contributed by atoms with Gasteiger partial charge in [-0.15, -0.1) is 0 Å². The molecule has 4 heteroatoms. The van der Waals surface area contributed by atoms with Crippen molar-refractivity contribution in [1.29, 1.82) is 0 Å². The van der Waals surface area contributed by atoms with Gasteiger partial charge in [0.2, 0.25) is 0 Å². The molecule has 0 saturated carbocycles. The Kier molecular flexibility index (Phi) is 4.93. The summed E-state index contributed by atoms with van der Waals surface area (Å²) in [5.74, 6) is 0.845. The minimum atomic E-state index is 0.698. The molecular formula is C15H22N2O2. The SMILES string of the molecule is Cc1cc(OCCN2CCN(C)CC2)ccc1C=O. The van der Waals surface area contributed by atoms with Crippen molar-refractivity contribution in [2.45, 2.75) is 6.92 Å². The molecular weight excluding hydrogens is 240 g/mol. The van der Waals surface area contributed by atoms with Crippen molar-refractivity contribution < 1.29 is 9.53 Å². The molecule has 1 aliphatic heterocycles. The van der Waals surface area contributed by atoms with Gasteiger partial charge in [0.1, 0.15) is 18.6 Å². The molecule has 1 aromatic carbocycles. The van der Waals surface area contributed by atoms with Crippen molar-refractivity contribution in [3.8, 4) is 5.75 Å². The highest BCUT2D eigenvalue weighted by Crippen LogP contribution is 2.16. The number of hydrogen-bond donors (Lipinski definition) is 0. The van der Waals surface area contributed by atoms with Crippen LogP contribution in [-0.4, -0.2) is 62.5 Å². The van der Waals surface area contributed by atoms with E-state index in [2.05, 4.69) is 16.8 Å². The fourth-order valence-electron chi connectivity index (χ4n) is 2.23. The summed E-state index contributed by atoms with van der Waals surface area (Å²) in [4.78, 5) is 15.5. The van der Waals surface area contributed by atoms with Gasteiger partial charge >= 0.3 is 0 Å². The van der Waals surface area contributed by atoms with Gasteiger partial charge < -0.3 is 9.64 Å². The number of benzene rings is 1. The first kappa shape index (κ1) is 14.0. The van der Waals surface area contributed by atoms with Crippen LogP contribution in [0.3, 0.4) is 0 Å². The maximum Gasteiger partial charge on any atom is 0.150 e. The predicted molar refractivity (Wildman–Crippen MR) is 76.0 cm³/mol. The zero-order valence-electron chi connectivity index (χ0n) is 11.8. The number of hydrogen-bond acceptors (Lipinski definition) is 4. The first-order chi connectivity index (χ1) is 9.19. The molecule has 19 heavy (non-hydrogen) atoms. The smallest absolute Gasteiger partial charge is 0.150 e. The lowest BCUT2D eigenvalue weighted by Crippen LogP contribution is -2.45. The van der Waals surface area contributed by atoms with Crippen molar-refractivity contribution >= 4 is 6.29 Å². The second kappa shape index (κ2) is 6.68. The highest BCUT2D eigenvalue weighted by atomic mass is 16.5. The third-order valence-electron chi connectivity index (χ3n) is 3.64. The summed E-state index contributed by atoms with van der Waals surface area (Å²) in [5.41, 5.74) is 1.69. The molecule has 0 aliphatic carbocycles. The average molecular weight is 262 g/mol. The molecule has 0 aromatic heterocycles. The maximum atomic E-state index is 10.7. The lowest BCUT2D eigenvalue weighted by molar-refractivity contribution is 0.112. The lowest BCUT2D eigenvalue weighted by Gasteiger charge is -2.32. The van der Waals surface area contributed by atoms with E-state index in [1.165, 1.54) is 0 Å². The molecule has 1 aromatic rings. The molecule has 1 aliphatic rings. The summed E-state index contributed by atoms with van der Waals surface area (Å²) in [5, 5.41) is 0. The van der Waals surface area contributed by atoms with Gasteiger partial charge in [-0.2, -0.15) is 0 Å². The van der Waals surface area contributed by atoms with Crippen LogP contribution in [0.15, 0.2) is 18.2 Å². The van der Waals surface area contributed by atoms with Gasteiger partial charge in [0.25, 0.3) is 0 Å². The van der Waals surface area contributed by atoms with Crippen LogP contribution in [0.1, 0.15) is 15.9 Å². The van der Waals surface area contributed by atoms with Crippen molar-refractivity contribution in [3.63, 3.8) is 0 Å². The Labute approximate surface area is 115 Å². The quantitative estimate of drug-likeness (QED) is 0.752. The molecule has 0 radical (unpaired) electrons. The van der Waals surface area contributed by atoms with Gasteiger partial charge in [0.05, 0.1) is 0 Å². The Morgan fingerprint density at radius 1 is 1.26 bits per heavy atom. The third kappa shape index (κ3) is 4.04. The summed E-state index contributed by atoms with van der Waals surface area (Å²) < 4.78 is 5.74. The van der Waals surface area contributed by atoms with E-state index >= 15 is 0 Å². The molecule has 1 saturated heterocycles. The molecule has 0 unspecified atom stereocenters. The van der Waals surface area contributed by atoms with Gasteiger partial charge in [0, 0.05) is 38.3 Å². The monoisotopic (exact) mass is 262 g/mol. The fourth-order valence-corrected chi connectivity index (χ4v) is 2.23. The third-order valence-corrected chi connectivity index (χ3v) is 3.64. The Hall–Kier alpha value is -1.39. The zero-order chi connectivity index (χ0) is 13.7. The molecule has 0 amide bonds. The number of aryl methyl sites for hydroxylation is 1. The Balaban J connectivity index is 1.76. The molecule has 2 rings (SSSR count). The zero-order valence-corrected chi connectivity index (χ0v) is 11.8. The van der Waals surface area contributed by atoms with Crippen LogP contribution in [0.2, 0.25) is 0 Å². The van der Waals surface area contributed by atoms with Crippen molar-refractivity contribution in [1.82, 2.24) is 9.80 Å². The van der Waals surface area contributed by atoms with E-state index in [0.29, 0.717) is 6.61 Å². The number of piperazine rings is 1. The van der Waals surface area contributed by atoms with Crippen LogP contribution >= 0.6 is 0 Å². The number of nitrogens with zero attached hydrogens (tertiary/aromatic N) is 2. The molecule has 4 nitrogen and oxygen atoms in total. The number of aldehydes is 1. The molecule has 104 valence electrons. The summed E-state index contributed by atoms with van der Waals surface area (Å²) >= 11 is 0. The Morgan fingerprint density at radius 3 is 2.63 bits per heavy atom. The molecule has 0 spiro atoms. The fraction of sp³-hybridized carbons (Fsp3) is 0.533. The van der Waals surface area contributed by atoms with Crippen molar-refractivity contribution in [3.05, 3.63) is 29.3 Å². The van der Waals surface area contributed by atoms with E-state index in [1.54, 1.807) is 0 Å². The van der Waals surface area contributed by atoms with Crippen molar-refractivity contribution in [2.75, 3.05) is 46.4 Å². The highest BCUT2D eigenvalue weighted by molar-refractivity contribution is 5.77. The van der Waals surface area contributed by atoms with E-state index in [1.807, 2.05) is 25.1 Å². The first-order valence-electron chi connectivity index (χ1n) is 6.78. The van der Waals surface area contributed by atoms with E-state index in [0.717, 1.165) is 55.9 Å². The minimum absolute atomic E-state index is 0.698. The van der Waals surface area contributed by atoms with Crippen LogP contribution in [-0.2, 0) is 0 Å². The van der Waals surface area contributed by atoms with Crippen LogP contribution in [0.4, 0.5) is 0 Å². The van der Waals surface area contributed by atoms with Gasteiger partial charge in [-0.3, -0.25) is 9.69 Å². The standard InChI is InChI=1S/C15H22N2O2/c1-13-11-15(4-3-14(13)12-18)19-10-9-17-7-5-16(2)6-8-17/h3-4,11-12H,5-10H2,1-2H3. The van der Waals surface area contributed by atoms with Crippen molar-refractivity contribution in [2.24, 2.45) is 0 Å². The number of carbonyl (C=O) groups is 1. The summed E-state index contributed by atoms with van der Waals surface area (Å²) in [6.45, 7) is 8.08. The summed E-state index contributed by atoms with van der Waals surface area (Å²) in [7, 11) is 2.16. The van der Waals surface area contributed by atoms with Gasteiger partial charge in [-0.1, -0.05) is 0 Å². The summed E-state index contributed by atoms with van der Waals surface area (Å²) in [6, 6.07) is 5.60. The van der Waals surface area contributed by atoms with Crippen LogP contribution in [0.25, 0.3) is 0 Å². The maximum absolute atomic E-state index is 10.7. The van der Waals surface area contributed by atoms with Crippen LogP contribution < -0.4 is 4.74 Å². The number of rotatable bonds is 5. The van der Waals surface area contributed by atoms with Gasteiger partial charge in [-0.25, -0.2) is 0 Å². The van der Waals surface area contributed by atoms with E-state index in [-0.39, 0.29) is 0 Å². The van der Waals surface area contributed by atoms with E-state index < -0.39 is 0 Å². The van der Waals surface area contributed by atoms with Gasteiger partial charge in [-0.05, 0) is 37.7 Å². The minimum Gasteiger partial charge on any atom is -0.492 e. The second-order valence-electron chi connectivity index (χ2n) is 5.13. The predicted octanol–water partition coefficient (Wildman–Crippen LogP) is 1.43. The van der Waals surface area contributed by atoms with Gasteiger partial charge in [0.15, 0.2) is 0 Å². The Bertz CT molecular complexity index is 426. The van der Waals surface area contributed by atoms with E-state index in [9.17, 15) is 4.79 Å². The van der Waals surface area contributed by atoms with E-state index in [4.69, 9.17) is 4.74 Å². The molecule has 0 atom stereocenters. The lowest BCUT2D eigenvalue weighted by atomic mass is 10.1. The molecule has 1 fully saturated rings. The average Bonchev–Trinajstić information content (AvgIpc) is 2.41. The highest BCUT2D eigenvalue weighted by Gasteiger charge is 2.13. The molecule has 0 N–H and O–H groups in total. The molecule has 0 bridgehead atoms. The van der Waals surface area contributed by atoms with Crippen LogP contribution in [0, 0.1) is 6.92 Å². The number of likely N-dealkylation sites (N-methyl/N-ethyl adjacent to an activating group) is 1. The van der Waals surface area contributed by atoms with Crippen LogP contribution in [0.5, 0.6) is 5.75 Å². The number of carbonyl (C=O) groups excluding carboxylic acids is 1. The normalized spacial score (nSPS) is 17.4. The molecule has 1 heterocycles. The topological polar surface area (TPSA) is 32.8 Å². The first-order valence-corrected chi connectivity index (χ1v) is 6.78. The summed E-state index contributed by atoms with van der Waals surface area (Å²) in [6.07, 6.45) is 0.878.